The summed E-state index contributed by atoms with van der Waals surface area (Å²) in [5.41, 5.74) is 4.11. The number of hydrogen-bond acceptors (Lipinski definition) is 8. The molecule has 5 rings (SSSR count). The summed E-state index contributed by atoms with van der Waals surface area (Å²) in [5.74, 6) is 1.80. The maximum atomic E-state index is 13.0. The predicted molar refractivity (Wildman–Crippen MR) is 160 cm³/mol. The third-order valence-corrected chi connectivity index (χ3v) is 8.06. The SMILES string of the molecule is COc1ccc(CN(C[C@H](O)CNC(=O)c2ccnc(NC3CN(C(C)=O)C3)c2)C2Cc3ccccc3C2)c(OC)c1. The van der Waals surface area contributed by atoms with Crippen LogP contribution >= 0.6 is 0 Å². The molecule has 1 saturated heterocycles. The number of aromatic nitrogens is 1. The van der Waals surface area contributed by atoms with Crippen LogP contribution in [0.15, 0.2) is 60.8 Å². The van der Waals surface area contributed by atoms with Crippen LogP contribution in [0.4, 0.5) is 5.82 Å². The molecule has 0 radical (unpaired) electrons. The first-order valence-electron chi connectivity index (χ1n) is 14.3. The average Bonchev–Trinajstić information content (AvgIpc) is 3.41. The summed E-state index contributed by atoms with van der Waals surface area (Å²) in [7, 11) is 3.27. The molecule has 10 heteroatoms. The highest BCUT2D eigenvalue weighted by Crippen LogP contribution is 2.30. The van der Waals surface area contributed by atoms with Crippen LogP contribution in [0.3, 0.4) is 0 Å². The van der Waals surface area contributed by atoms with Gasteiger partial charge in [0.1, 0.15) is 17.3 Å². The Balaban J connectivity index is 1.21. The molecule has 1 atom stereocenters. The maximum Gasteiger partial charge on any atom is 0.251 e. The molecule has 10 nitrogen and oxygen atoms in total. The first-order valence-corrected chi connectivity index (χ1v) is 14.3. The Morgan fingerprint density at radius 2 is 1.81 bits per heavy atom. The minimum Gasteiger partial charge on any atom is -0.497 e. The van der Waals surface area contributed by atoms with E-state index < -0.39 is 6.10 Å². The van der Waals surface area contributed by atoms with Crippen LogP contribution < -0.4 is 20.1 Å². The number of carbonyl (C=O) groups excluding carboxylic acids is 2. The largest absolute Gasteiger partial charge is 0.497 e. The number of nitrogens with one attached hydrogen (secondary N) is 2. The topological polar surface area (TPSA) is 116 Å². The monoisotopic (exact) mass is 573 g/mol. The van der Waals surface area contributed by atoms with Crippen molar-refractivity contribution in [2.45, 2.75) is 44.5 Å². The van der Waals surface area contributed by atoms with E-state index >= 15 is 0 Å². The molecule has 0 unspecified atom stereocenters. The van der Waals surface area contributed by atoms with Crippen LogP contribution in [-0.4, -0.2) is 90.3 Å². The van der Waals surface area contributed by atoms with Gasteiger partial charge >= 0.3 is 0 Å². The Bertz CT molecular complexity index is 1380. The molecule has 3 N–H and O–H groups in total. The number of anilines is 1. The molecule has 0 bridgehead atoms. The number of hydrogen-bond donors (Lipinski definition) is 3. The van der Waals surface area contributed by atoms with Gasteiger partial charge in [-0.05, 0) is 42.2 Å². The predicted octanol–water partition coefficient (Wildman–Crippen LogP) is 2.50. The highest BCUT2D eigenvalue weighted by molar-refractivity contribution is 5.94. The van der Waals surface area contributed by atoms with Crippen molar-refractivity contribution in [1.29, 1.82) is 0 Å². The zero-order valence-corrected chi connectivity index (χ0v) is 24.4. The number of nitrogens with zero attached hydrogens (tertiary/aromatic N) is 3. The molecule has 3 aromatic rings. The molecule has 222 valence electrons. The van der Waals surface area contributed by atoms with Crippen molar-refractivity contribution in [3.63, 3.8) is 0 Å². The number of methoxy groups -OCH3 is 2. The van der Waals surface area contributed by atoms with Crippen molar-refractivity contribution in [3.8, 4) is 11.5 Å². The lowest BCUT2D eigenvalue weighted by Crippen LogP contribution is -2.56. The normalized spacial score (nSPS) is 15.6. The van der Waals surface area contributed by atoms with Gasteiger partial charge in [-0.3, -0.25) is 14.5 Å². The van der Waals surface area contributed by atoms with E-state index in [0.29, 0.717) is 37.6 Å². The minimum atomic E-state index is -0.783. The highest BCUT2D eigenvalue weighted by atomic mass is 16.5. The molecule has 2 heterocycles. The molecule has 2 amide bonds. The number of fused-ring (bicyclic) bond motifs is 1. The second-order valence-electron chi connectivity index (χ2n) is 11.0. The first-order chi connectivity index (χ1) is 20.3. The Kier molecular flexibility index (Phi) is 9.24. The number of carbonyl (C=O) groups is 2. The van der Waals surface area contributed by atoms with Crippen LogP contribution in [0.25, 0.3) is 0 Å². The second kappa shape index (κ2) is 13.2. The lowest BCUT2D eigenvalue weighted by atomic mass is 10.1. The third kappa shape index (κ3) is 7.00. The van der Waals surface area contributed by atoms with E-state index in [2.05, 4.69) is 44.8 Å². The summed E-state index contributed by atoms with van der Waals surface area (Å²) in [6.07, 6.45) is 2.59. The van der Waals surface area contributed by atoms with Gasteiger partial charge in [0.2, 0.25) is 5.91 Å². The number of likely N-dealkylation sites (tertiary alicyclic amines) is 1. The first kappa shape index (κ1) is 29.3. The van der Waals surface area contributed by atoms with Crippen LogP contribution in [0.2, 0.25) is 0 Å². The molecular formula is C32H39N5O5. The highest BCUT2D eigenvalue weighted by Gasteiger charge is 2.30. The van der Waals surface area contributed by atoms with Gasteiger partial charge in [-0.15, -0.1) is 0 Å². The summed E-state index contributed by atoms with van der Waals surface area (Å²) in [6.45, 7) is 3.85. The number of pyridine rings is 1. The van der Waals surface area contributed by atoms with E-state index in [1.54, 1.807) is 44.4 Å². The van der Waals surface area contributed by atoms with Gasteiger partial charge in [-0.2, -0.15) is 0 Å². The van der Waals surface area contributed by atoms with Crippen molar-refractivity contribution in [2.24, 2.45) is 0 Å². The maximum absolute atomic E-state index is 13.0. The van der Waals surface area contributed by atoms with Crippen molar-refractivity contribution < 1.29 is 24.2 Å². The Labute approximate surface area is 246 Å². The number of benzene rings is 2. The van der Waals surface area contributed by atoms with Gasteiger partial charge in [0.25, 0.3) is 5.91 Å². The molecule has 0 saturated carbocycles. The molecule has 1 aliphatic carbocycles. The summed E-state index contributed by atoms with van der Waals surface area (Å²) in [4.78, 5) is 32.7. The van der Waals surface area contributed by atoms with E-state index in [9.17, 15) is 14.7 Å². The number of aliphatic hydroxyl groups excluding tert-OH is 1. The molecule has 1 aromatic heterocycles. The minimum absolute atomic E-state index is 0.0480. The van der Waals surface area contributed by atoms with Crippen molar-refractivity contribution in [1.82, 2.24) is 20.1 Å². The number of ether oxygens (including phenoxy) is 2. The molecular weight excluding hydrogens is 534 g/mol. The van der Waals surface area contributed by atoms with E-state index in [1.165, 1.54) is 11.1 Å². The summed E-state index contributed by atoms with van der Waals surface area (Å²) in [5, 5.41) is 17.2. The van der Waals surface area contributed by atoms with Crippen molar-refractivity contribution >= 4 is 17.6 Å². The van der Waals surface area contributed by atoms with Crippen LogP contribution in [0.1, 0.15) is 34.0 Å². The fraction of sp³-hybridized carbons (Fsp3) is 0.406. The van der Waals surface area contributed by atoms with E-state index in [0.717, 1.165) is 29.9 Å². The van der Waals surface area contributed by atoms with E-state index in [4.69, 9.17) is 9.47 Å². The lowest BCUT2D eigenvalue weighted by molar-refractivity contribution is -0.132. The molecule has 1 fully saturated rings. The van der Waals surface area contributed by atoms with Crippen LogP contribution in [0, 0.1) is 0 Å². The standard InChI is InChI=1S/C32H39N5O5/c1-21(38)36-18-26(19-36)35-31-14-24(10-11-33-31)32(40)34-16-28(39)20-37(27-12-22-6-4-5-7-23(22)13-27)17-25-8-9-29(41-2)15-30(25)42-3/h4-11,14-15,26-28,39H,12-13,16-20H2,1-3H3,(H,33,35)(H,34,40)/t28-/m1/s1. The fourth-order valence-electron chi connectivity index (χ4n) is 5.67. The van der Waals surface area contributed by atoms with Gasteiger partial charge in [0, 0.05) is 69.1 Å². The van der Waals surface area contributed by atoms with E-state index in [-0.39, 0.29) is 30.4 Å². The number of aliphatic hydroxyl groups is 1. The Morgan fingerprint density at radius 3 is 2.48 bits per heavy atom. The van der Waals surface area contributed by atoms with Crippen molar-refractivity contribution in [2.75, 3.05) is 45.7 Å². The average molecular weight is 574 g/mol. The van der Waals surface area contributed by atoms with Gasteiger partial charge in [0.05, 0.1) is 26.4 Å². The number of amides is 2. The van der Waals surface area contributed by atoms with Crippen LogP contribution in [0.5, 0.6) is 11.5 Å². The Hall–Kier alpha value is -4.15. The summed E-state index contributed by atoms with van der Waals surface area (Å²) >= 11 is 0. The fourth-order valence-corrected chi connectivity index (χ4v) is 5.67. The lowest BCUT2D eigenvalue weighted by Gasteiger charge is -2.39. The van der Waals surface area contributed by atoms with E-state index in [1.807, 2.05) is 18.2 Å². The molecule has 42 heavy (non-hydrogen) atoms. The van der Waals surface area contributed by atoms with Gasteiger partial charge in [0.15, 0.2) is 0 Å². The third-order valence-electron chi connectivity index (χ3n) is 8.06. The quantitative estimate of drug-likeness (QED) is 0.303. The molecule has 2 aliphatic rings. The zero-order chi connectivity index (χ0) is 29.6. The smallest absolute Gasteiger partial charge is 0.251 e. The molecule has 2 aromatic carbocycles. The summed E-state index contributed by atoms with van der Waals surface area (Å²) in [6, 6.07) is 17.9. The Morgan fingerprint density at radius 1 is 1.07 bits per heavy atom. The van der Waals surface area contributed by atoms with Crippen LogP contribution in [-0.2, 0) is 24.2 Å². The molecule has 0 spiro atoms. The van der Waals surface area contributed by atoms with Gasteiger partial charge in [-0.25, -0.2) is 4.98 Å². The van der Waals surface area contributed by atoms with Gasteiger partial charge < -0.3 is 30.1 Å². The summed E-state index contributed by atoms with van der Waals surface area (Å²) < 4.78 is 11.0. The zero-order valence-electron chi connectivity index (χ0n) is 24.4. The molecule has 1 aliphatic heterocycles. The van der Waals surface area contributed by atoms with Crippen molar-refractivity contribution in [3.05, 3.63) is 83.0 Å². The number of rotatable bonds is 12. The second-order valence-corrected chi connectivity index (χ2v) is 11.0. The van der Waals surface area contributed by atoms with Gasteiger partial charge in [-0.1, -0.05) is 30.3 Å².